The molecule has 0 radical (unpaired) electrons. The smallest absolute Gasteiger partial charge is 0.132 e. The van der Waals surface area contributed by atoms with Gasteiger partial charge in [0, 0.05) is 12.7 Å². The molecular formula is C16H20N2O. The summed E-state index contributed by atoms with van der Waals surface area (Å²) in [5.74, 6) is 0. The van der Waals surface area contributed by atoms with E-state index in [1.54, 1.807) is 6.20 Å². The second-order valence-corrected chi connectivity index (χ2v) is 5.46. The summed E-state index contributed by atoms with van der Waals surface area (Å²) in [4.78, 5) is 0. The Morgan fingerprint density at radius 2 is 2.21 bits per heavy atom. The molecular weight excluding hydrogens is 236 g/mol. The van der Waals surface area contributed by atoms with Crippen molar-refractivity contribution >= 4 is 0 Å². The van der Waals surface area contributed by atoms with Gasteiger partial charge < -0.3 is 5.11 Å². The van der Waals surface area contributed by atoms with E-state index in [0.717, 1.165) is 37.1 Å². The summed E-state index contributed by atoms with van der Waals surface area (Å²) < 4.78 is 1.94. The molecule has 0 saturated heterocycles. The molecule has 19 heavy (non-hydrogen) atoms. The molecule has 1 aliphatic carbocycles. The van der Waals surface area contributed by atoms with E-state index in [9.17, 15) is 5.11 Å². The molecule has 1 atom stereocenters. The second kappa shape index (κ2) is 4.49. The lowest BCUT2D eigenvalue weighted by Gasteiger charge is -2.25. The highest BCUT2D eigenvalue weighted by atomic mass is 16.3. The van der Waals surface area contributed by atoms with Crippen LogP contribution < -0.4 is 0 Å². The van der Waals surface area contributed by atoms with E-state index in [0.29, 0.717) is 0 Å². The summed E-state index contributed by atoms with van der Waals surface area (Å²) in [7, 11) is 0. The average molecular weight is 256 g/mol. The van der Waals surface area contributed by atoms with Gasteiger partial charge in [-0.25, -0.2) is 0 Å². The van der Waals surface area contributed by atoms with Gasteiger partial charge in [0.15, 0.2) is 0 Å². The Hall–Kier alpha value is -1.61. The highest BCUT2D eigenvalue weighted by Gasteiger charge is 2.40. The van der Waals surface area contributed by atoms with Crippen molar-refractivity contribution in [3.05, 3.63) is 52.8 Å². The average Bonchev–Trinajstić information content (AvgIpc) is 2.97. The molecule has 0 aliphatic heterocycles. The van der Waals surface area contributed by atoms with Crippen LogP contribution in [0.3, 0.4) is 0 Å². The van der Waals surface area contributed by atoms with Crippen molar-refractivity contribution in [1.29, 1.82) is 0 Å². The van der Waals surface area contributed by atoms with E-state index in [4.69, 9.17) is 0 Å². The molecule has 3 heteroatoms. The fourth-order valence-corrected chi connectivity index (χ4v) is 3.08. The molecule has 3 nitrogen and oxygen atoms in total. The number of fused-ring (bicyclic) bond motifs is 1. The zero-order chi connectivity index (χ0) is 13.5. The molecule has 0 amide bonds. The van der Waals surface area contributed by atoms with Crippen LogP contribution in [0.2, 0.25) is 0 Å². The van der Waals surface area contributed by atoms with Crippen molar-refractivity contribution in [3.8, 4) is 0 Å². The first-order chi connectivity index (χ1) is 9.15. The Labute approximate surface area is 113 Å². The third-order valence-corrected chi connectivity index (χ3v) is 4.04. The summed E-state index contributed by atoms with van der Waals surface area (Å²) in [5, 5.41) is 15.5. The first-order valence-corrected chi connectivity index (χ1v) is 7.00. The first-order valence-electron chi connectivity index (χ1n) is 7.00. The Balaban J connectivity index is 2.11. The summed E-state index contributed by atoms with van der Waals surface area (Å²) in [5.41, 5.74) is 3.58. The van der Waals surface area contributed by atoms with Gasteiger partial charge in [0.1, 0.15) is 5.60 Å². The van der Waals surface area contributed by atoms with E-state index >= 15 is 0 Å². The number of aliphatic hydroxyl groups is 1. The zero-order valence-electron chi connectivity index (χ0n) is 11.6. The minimum atomic E-state index is -0.868. The second-order valence-electron chi connectivity index (χ2n) is 5.46. The monoisotopic (exact) mass is 256 g/mol. The lowest BCUT2D eigenvalue weighted by atomic mass is 9.91. The van der Waals surface area contributed by atoms with E-state index in [1.165, 1.54) is 11.1 Å². The molecule has 1 unspecified atom stereocenters. The molecule has 1 heterocycles. The number of benzene rings is 1. The SMILES string of the molecule is CCCn1nccc1C1(O)CCc2ccc(C)cc21. The maximum atomic E-state index is 11.2. The molecule has 1 aliphatic rings. The third-order valence-electron chi connectivity index (χ3n) is 4.04. The van der Waals surface area contributed by atoms with E-state index < -0.39 is 5.60 Å². The van der Waals surface area contributed by atoms with Crippen molar-refractivity contribution < 1.29 is 5.11 Å². The predicted molar refractivity (Wildman–Crippen MR) is 75.0 cm³/mol. The highest BCUT2D eigenvalue weighted by molar-refractivity contribution is 5.45. The van der Waals surface area contributed by atoms with Crippen LogP contribution in [-0.2, 0) is 18.6 Å². The number of hydrogen-bond acceptors (Lipinski definition) is 2. The Morgan fingerprint density at radius 3 is 3.00 bits per heavy atom. The number of aryl methyl sites for hydroxylation is 3. The summed E-state index contributed by atoms with van der Waals surface area (Å²) >= 11 is 0. The van der Waals surface area contributed by atoms with Crippen LogP contribution in [0.4, 0.5) is 0 Å². The van der Waals surface area contributed by atoms with E-state index in [1.807, 2.05) is 10.7 Å². The summed E-state index contributed by atoms with van der Waals surface area (Å²) in [6.07, 6.45) is 4.49. The standard InChI is InChI=1S/C16H20N2O/c1-3-10-18-15(7-9-17-18)16(19)8-6-13-5-4-12(2)11-14(13)16/h4-5,7,9,11,19H,3,6,8,10H2,1-2H3. The number of hydrogen-bond donors (Lipinski definition) is 1. The fourth-order valence-electron chi connectivity index (χ4n) is 3.08. The molecule has 3 rings (SSSR count). The minimum absolute atomic E-state index is 0.751. The molecule has 1 aromatic carbocycles. The molecule has 0 fully saturated rings. The normalized spacial score (nSPS) is 21.6. The van der Waals surface area contributed by atoms with Crippen LogP contribution in [0.25, 0.3) is 0 Å². The molecule has 100 valence electrons. The lowest BCUT2D eigenvalue weighted by molar-refractivity contribution is 0.0726. The van der Waals surface area contributed by atoms with Gasteiger partial charge in [0.05, 0.1) is 5.69 Å². The largest absolute Gasteiger partial charge is 0.379 e. The van der Waals surface area contributed by atoms with Crippen LogP contribution in [0, 0.1) is 6.92 Å². The Kier molecular flexibility index (Phi) is 2.94. The Morgan fingerprint density at radius 1 is 1.37 bits per heavy atom. The summed E-state index contributed by atoms with van der Waals surface area (Å²) in [6.45, 7) is 5.05. The Bertz CT molecular complexity index is 603. The number of rotatable bonds is 3. The zero-order valence-corrected chi connectivity index (χ0v) is 11.6. The predicted octanol–water partition coefficient (Wildman–Crippen LogP) is 2.78. The van der Waals surface area contributed by atoms with Crippen molar-refractivity contribution in [2.45, 2.75) is 45.3 Å². The maximum Gasteiger partial charge on any atom is 0.132 e. The number of nitrogens with zero attached hydrogens (tertiary/aromatic N) is 2. The maximum absolute atomic E-state index is 11.2. The lowest BCUT2D eigenvalue weighted by Crippen LogP contribution is -2.28. The van der Waals surface area contributed by atoms with Gasteiger partial charge in [-0.2, -0.15) is 5.10 Å². The first kappa shape index (κ1) is 12.4. The molecule has 0 spiro atoms. The molecule has 1 aromatic heterocycles. The van der Waals surface area contributed by atoms with Gasteiger partial charge in [-0.3, -0.25) is 4.68 Å². The topological polar surface area (TPSA) is 38.0 Å². The molecule has 0 saturated carbocycles. The van der Waals surface area contributed by atoms with Gasteiger partial charge in [-0.15, -0.1) is 0 Å². The van der Waals surface area contributed by atoms with Crippen molar-refractivity contribution in [2.24, 2.45) is 0 Å². The van der Waals surface area contributed by atoms with Crippen molar-refractivity contribution in [3.63, 3.8) is 0 Å². The van der Waals surface area contributed by atoms with Crippen LogP contribution in [0.15, 0.2) is 30.5 Å². The highest BCUT2D eigenvalue weighted by Crippen LogP contribution is 2.42. The minimum Gasteiger partial charge on any atom is -0.379 e. The third kappa shape index (κ3) is 1.89. The number of aromatic nitrogens is 2. The summed E-state index contributed by atoms with van der Waals surface area (Å²) in [6, 6.07) is 8.33. The van der Waals surface area contributed by atoms with Gasteiger partial charge in [0.2, 0.25) is 0 Å². The molecule has 0 bridgehead atoms. The van der Waals surface area contributed by atoms with Crippen LogP contribution in [-0.4, -0.2) is 14.9 Å². The van der Waals surface area contributed by atoms with Crippen LogP contribution >= 0.6 is 0 Å². The van der Waals surface area contributed by atoms with E-state index in [2.05, 4.69) is 37.1 Å². The van der Waals surface area contributed by atoms with Crippen molar-refractivity contribution in [2.75, 3.05) is 0 Å². The fraction of sp³-hybridized carbons (Fsp3) is 0.438. The van der Waals surface area contributed by atoms with Gasteiger partial charge in [-0.1, -0.05) is 30.7 Å². The van der Waals surface area contributed by atoms with Crippen molar-refractivity contribution in [1.82, 2.24) is 9.78 Å². The molecule has 1 N–H and O–H groups in total. The van der Waals surface area contributed by atoms with Crippen LogP contribution in [0.5, 0.6) is 0 Å². The van der Waals surface area contributed by atoms with Gasteiger partial charge in [0.25, 0.3) is 0 Å². The molecule has 2 aromatic rings. The van der Waals surface area contributed by atoms with Crippen LogP contribution in [0.1, 0.15) is 42.1 Å². The van der Waals surface area contributed by atoms with Gasteiger partial charge >= 0.3 is 0 Å². The van der Waals surface area contributed by atoms with Gasteiger partial charge in [-0.05, 0) is 43.4 Å². The quantitative estimate of drug-likeness (QED) is 0.917. The van der Waals surface area contributed by atoms with E-state index in [-0.39, 0.29) is 0 Å².